The number of rotatable bonds is 4. The molecule has 0 spiro atoms. The summed E-state index contributed by atoms with van der Waals surface area (Å²) in [6.45, 7) is 4.50. The molecule has 4 nitrogen and oxygen atoms in total. The molecule has 0 saturated heterocycles. The minimum Gasteiger partial charge on any atom is -0.490 e. The number of hydrogen-bond acceptors (Lipinski definition) is 4. The highest BCUT2D eigenvalue weighted by Crippen LogP contribution is 2.24. The molecule has 0 heterocycles. The molecule has 1 unspecified atom stereocenters. The summed E-state index contributed by atoms with van der Waals surface area (Å²) in [5, 5.41) is 9.50. The van der Waals surface area contributed by atoms with Crippen molar-refractivity contribution < 1.29 is 19.4 Å². The van der Waals surface area contributed by atoms with Crippen molar-refractivity contribution >= 4 is 5.94 Å². The van der Waals surface area contributed by atoms with Crippen molar-refractivity contribution in [2.75, 3.05) is 13.2 Å². The molecule has 0 fully saturated rings. The van der Waals surface area contributed by atoms with Crippen molar-refractivity contribution in [3.05, 3.63) is 29.2 Å². The molecule has 15 heavy (non-hydrogen) atoms. The van der Waals surface area contributed by atoms with E-state index in [2.05, 4.69) is 0 Å². The second-order valence-corrected chi connectivity index (χ2v) is 2.88. The van der Waals surface area contributed by atoms with Crippen LogP contribution in [0, 0.1) is 0 Å². The van der Waals surface area contributed by atoms with Crippen molar-refractivity contribution in [3.63, 3.8) is 0 Å². The Morgan fingerprint density at radius 1 is 1.40 bits per heavy atom. The van der Waals surface area contributed by atoms with Crippen molar-refractivity contribution in [1.82, 2.24) is 0 Å². The summed E-state index contributed by atoms with van der Waals surface area (Å²) in [5.74, 6) is 2.42. The summed E-state index contributed by atoms with van der Waals surface area (Å²) in [7, 11) is 0. The second kappa shape index (κ2) is 5.39. The van der Waals surface area contributed by atoms with E-state index >= 15 is 0 Å². The van der Waals surface area contributed by atoms with Gasteiger partial charge in [0.15, 0.2) is 11.5 Å². The van der Waals surface area contributed by atoms with E-state index in [4.69, 9.17) is 9.47 Å². The van der Waals surface area contributed by atoms with Crippen LogP contribution in [0.5, 0.6) is 0 Å². The molecule has 0 aromatic heterocycles. The predicted octanol–water partition coefficient (Wildman–Crippen LogP) is 0.960. The Kier molecular flexibility index (Phi) is 4.16. The molecule has 1 atom stereocenters. The highest BCUT2D eigenvalue weighted by atomic mass is 16.5. The number of allylic oxidation sites excluding steroid dienone is 1. The van der Waals surface area contributed by atoms with Crippen LogP contribution in [0.2, 0.25) is 0 Å². The van der Waals surface area contributed by atoms with Gasteiger partial charge in [-0.1, -0.05) is 0 Å². The molecule has 0 aromatic rings. The van der Waals surface area contributed by atoms with Crippen molar-refractivity contribution in [2.45, 2.75) is 20.0 Å². The number of aliphatic hydroxyl groups is 1. The Morgan fingerprint density at radius 3 is 2.60 bits per heavy atom. The molecule has 1 aliphatic carbocycles. The number of aliphatic hydroxyl groups excluding tert-OH is 1. The standard InChI is InChI=1S/C11H14O4/c1-3-14-10-6-5-9(13)8(7-12)11(10)15-4-2/h5-6,9,13H,3-4H2,1-2H3. The number of ether oxygens (including phenoxy) is 2. The third kappa shape index (κ3) is 2.49. The molecule has 0 aliphatic heterocycles. The summed E-state index contributed by atoms with van der Waals surface area (Å²) in [5.41, 5.74) is 0.0859. The van der Waals surface area contributed by atoms with Crippen LogP contribution in [-0.2, 0) is 14.3 Å². The molecular weight excluding hydrogens is 196 g/mol. The fraction of sp³-hybridized carbons (Fsp3) is 0.455. The van der Waals surface area contributed by atoms with E-state index in [0.717, 1.165) is 0 Å². The Hall–Kier alpha value is -1.51. The van der Waals surface area contributed by atoms with Gasteiger partial charge in [0.2, 0.25) is 0 Å². The van der Waals surface area contributed by atoms with Crippen LogP contribution in [0.3, 0.4) is 0 Å². The minimum absolute atomic E-state index is 0.0859. The van der Waals surface area contributed by atoms with Crippen molar-refractivity contribution in [2.24, 2.45) is 0 Å². The lowest BCUT2D eigenvalue weighted by Crippen LogP contribution is -2.18. The minimum atomic E-state index is -0.965. The monoisotopic (exact) mass is 210 g/mol. The molecular formula is C11H14O4. The zero-order valence-electron chi connectivity index (χ0n) is 8.82. The lowest BCUT2D eigenvalue weighted by Gasteiger charge is -2.19. The number of carbonyl (C=O) groups excluding carboxylic acids is 1. The van der Waals surface area contributed by atoms with Crippen LogP contribution < -0.4 is 0 Å². The van der Waals surface area contributed by atoms with Crippen molar-refractivity contribution in [3.8, 4) is 0 Å². The number of hydrogen-bond donors (Lipinski definition) is 1. The van der Waals surface area contributed by atoms with E-state index in [9.17, 15) is 9.90 Å². The zero-order valence-corrected chi connectivity index (χ0v) is 8.82. The van der Waals surface area contributed by atoms with Gasteiger partial charge in [0.1, 0.15) is 17.6 Å². The van der Waals surface area contributed by atoms with Gasteiger partial charge in [-0.15, -0.1) is 0 Å². The van der Waals surface area contributed by atoms with Gasteiger partial charge < -0.3 is 14.6 Å². The van der Waals surface area contributed by atoms with Gasteiger partial charge in [0, 0.05) is 0 Å². The smallest absolute Gasteiger partial charge is 0.178 e. The van der Waals surface area contributed by atoms with E-state index in [1.807, 2.05) is 6.92 Å². The predicted molar refractivity (Wildman–Crippen MR) is 54.6 cm³/mol. The molecule has 0 saturated carbocycles. The molecule has 1 rings (SSSR count). The summed E-state index contributed by atoms with van der Waals surface area (Å²) in [4.78, 5) is 10.7. The van der Waals surface area contributed by atoms with E-state index < -0.39 is 6.10 Å². The SMILES string of the molecule is CCOC1=C(OCC)C(=C=O)C(O)C=C1. The van der Waals surface area contributed by atoms with E-state index in [-0.39, 0.29) is 11.3 Å². The summed E-state index contributed by atoms with van der Waals surface area (Å²) in [6, 6.07) is 0. The van der Waals surface area contributed by atoms with Crippen LogP contribution in [0.15, 0.2) is 29.2 Å². The topological polar surface area (TPSA) is 55.8 Å². The highest BCUT2D eigenvalue weighted by molar-refractivity contribution is 5.64. The van der Waals surface area contributed by atoms with Crippen LogP contribution >= 0.6 is 0 Å². The third-order valence-corrected chi connectivity index (χ3v) is 1.89. The maximum absolute atomic E-state index is 10.7. The maximum Gasteiger partial charge on any atom is 0.178 e. The fourth-order valence-electron chi connectivity index (χ4n) is 1.29. The first-order valence-electron chi connectivity index (χ1n) is 4.86. The summed E-state index contributed by atoms with van der Waals surface area (Å²) in [6.07, 6.45) is 2.10. The molecule has 82 valence electrons. The van der Waals surface area contributed by atoms with Crippen LogP contribution in [0.25, 0.3) is 0 Å². The zero-order chi connectivity index (χ0) is 11.3. The van der Waals surface area contributed by atoms with Gasteiger partial charge in [-0.05, 0) is 26.0 Å². The van der Waals surface area contributed by atoms with Gasteiger partial charge in [-0.3, -0.25) is 0 Å². The van der Waals surface area contributed by atoms with E-state index in [1.54, 1.807) is 18.9 Å². The normalized spacial score (nSPS) is 20.2. The van der Waals surface area contributed by atoms with Gasteiger partial charge >= 0.3 is 0 Å². The average molecular weight is 210 g/mol. The Bertz CT molecular complexity index is 334. The summed E-state index contributed by atoms with van der Waals surface area (Å²) < 4.78 is 10.6. The molecule has 0 amide bonds. The molecule has 0 aromatic carbocycles. The first-order chi connectivity index (χ1) is 7.24. The lowest BCUT2D eigenvalue weighted by molar-refractivity contribution is 0.162. The molecule has 1 aliphatic rings. The first-order valence-corrected chi connectivity index (χ1v) is 4.86. The van der Waals surface area contributed by atoms with Crippen LogP contribution in [-0.4, -0.2) is 30.4 Å². The van der Waals surface area contributed by atoms with Gasteiger partial charge in [0.25, 0.3) is 0 Å². The van der Waals surface area contributed by atoms with Gasteiger partial charge in [-0.2, -0.15) is 0 Å². The van der Waals surface area contributed by atoms with E-state index in [1.165, 1.54) is 6.08 Å². The molecule has 0 bridgehead atoms. The Balaban J connectivity index is 3.08. The maximum atomic E-state index is 10.7. The quantitative estimate of drug-likeness (QED) is 0.702. The molecule has 4 heteroatoms. The first kappa shape index (κ1) is 11.6. The average Bonchev–Trinajstić information content (AvgIpc) is 2.23. The second-order valence-electron chi connectivity index (χ2n) is 2.88. The molecule has 1 N–H and O–H groups in total. The van der Waals surface area contributed by atoms with Crippen LogP contribution in [0.1, 0.15) is 13.8 Å². The lowest BCUT2D eigenvalue weighted by atomic mass is 10.0. The van der Waals surface area contributed by atoms with Crippen LogP contribution in [0.4, 0.5) is 0 Å². The molecule has 0 radical (unpaired) electrons. The third-order valence-electron chi connectivity index (χ3n) is 1.89. The van der Waals surface area contributed by atoms with Gasteiger partial charge in [-0.25, -0.2) is 4.79 Å². The van der Waals surface area contributed by atoms with Crippen molar-refractivity contribution in [1.29, 1.82) is 0 Å². The van der Waals surface area contributed by atoms with Gasteiger partial charge in [0.05, 0.1) is 13.2 Å². The Morgan fingerprint density at radius 2 is 2.07 bits per heavy atom. The Labute approximate surface area is 88.5 Å². The highest BCUT2D eigenvalue weighted by Gasteiger charge is 2.24. The fourth-order valence-corrected chi connectivity index (χ4v) is 1.29. The summed E-state index contributed by atoms with van der Waals surface area (Å²) >= 11 is 0. The van der Waals surface area contributed by atoms with E-state index in [0.29, 0.717) is 19.0 Å². The largest absolute Gasteiger partial charge is 0.490 e.